The van der Waals surface area contributed by atoms with Crippen LogP contribution in [-0.4, -0.2) is 64.7 Å². The minimum absolute atomic E-state index is 0.0205. The number of nitrogens with zero attached hydrogens (tertiary/aromatic N) is 2. The van der Waals surface area contributed by atoms with E-state index in [1.54, 1.807) is 4.90 Å². The molecule has 2 rings (SSSR count). The first-order chi connectivity index (χ1) is 9.54. The number of carbonyl (C=O) groups is 1. The highest BCUT2D eigenvalue weighted by atomic mass is 16.3. The number of rotatable bonds is 3. The fraction of sp³-hybridized carbons (Fsp3) is 0.500. The SMILES string of the molecule is CC(CN)N1CCN(C(=O)c2c(O)cccc2O)CC1. The highest BCUT2D eigenvalue weighted by Crippen LogP contribution is 2.28. The average molecular weight is 279 g/mol. The zero-order chi connectivity index (χ0) is 14.7. The summed E-state index contributed by atoms with van der Waals surface area (Å²) in [6, 6.07) is 4.60. The number of amides is 1. The van der Waals surface area contributed by atoms with Crippen molar-refractivity contribution in [2.45, 2.75) is 13.0 Å². The molecule has 1 aromatic rings. The molecule has 6 nitrogen and oxygen atoms in total. The van der Waals surface area contributed by atoms with Crippen LogP contribution in [0, 0.1) is 0 Å². The molecule has 1 amide bonds. The minimum Gasteiger partial charge on any atom is -0.507 e. The molecular weight excluding hydrogens is 258 g/mol. The van der Waals surface area contributed by atoms with Gasteiger partial charge in [0.2, 0.25) is 0 Å². The number of hydrogen-bond acceptors (Lipinski definition) is 5. The van der Waals surface area contributed by atoms with E-state index in [9.17, 15) is 15.0 Å². The second kappa shape index (κ2) is 6.11. The summed E-state index contributed by atoms with van der Waals surface area (Å²) < 4.78 is 0. The van der Waals surface area contributed by atoms with Crippen molar-refractivity contribution in [1.82, 2.24) is 9.80 Å². The number of benzene rings is 1. The van der Waals surface area contributed by atoms with Gasteiger partial charge in [0.25, 0.3) is 5.91 Å². The molecule has 20 heavy (non-hydrogen) atoms. The summed E-state index contributed by atoms with van der Waals surface area (Å²) in [6.07, 6.45) is 0. The van der Waals surface area contributed by atoms with Gasteiger partial charge in [-0.3, -0.25) is 9.69 Å². The Balaban J connectivity index is 2.05. The summed E-state index contributed by atoms with van der Waals surface area (Å²) in [5.74, 6) is -0.707. The van der Waals surface area contributed by atoms with Crippen molar-refractivity contribution in [2.75, 3.05) is 32.7 Å². The van der Waals surface area contributed by atoms with E-state index in [1.807, 2.05) is 0 Å². The maximum Gasteiger partial charge on any atom is 0.261 e. The molecule has 0 bridgehead atoms. The van der Waals surface area contributed by atoms with Crippen LogP contribution < -0.4 is 5.73 Å². The predicted molar refractivity (Wildman–Crippen MR) is 75.8 cm³/mol. The Hall–Kier alpha value is -1.79. The molecule has 4 N–H and O–H groups in total. The minimum atomic E-state index is -0.333. The molecular formula is C14H21N3O3. The Labute approximate surface area is 118 Å². The third-order valence-electron chi connectivity index (χ3n) is 3.80. The number of piperazine rings is 1. The monoisotopic (exact) mass is 279 g/mol. The van der Waals surface area contributed by atoms with E-state index in [4.69, 9.17) is 5.73 Å². The van der Waals surface area contributed by atoms with Gasteiger partial charge in [-0.2, -0.15) is 0 Å². The first-order valence-electron chi connectivity index (χ1n) is 6.79. The first kappa shape index (κ1) is 14.6. The zero-order valence-corrected chi connectivity index (χ0v) is 11.6. The Morgan fingerprint density at radius 3 is 2.30 bits per heavy atom. The molecule has 0 radical (unpaired) electrons. The van der Waals surface area contributed by atoms with Crippen molar-refractivity contribution < 1.29 is 15.0 Å². The molecule has 1 aromatic carbocycles. The molecule has 0 aromatic heterocycles. The van der Waals surface area contributed by atoms with Crippen LogP contribution in [0.15, 0.2) is 18.2 Å². The van der Waals surface area contributed by atoms with Crippen molar-refractivity contribution in [3.8, 4) is 11.5 Å². The first-order valence-corrected chi connectivity index (χ1v) is 6.79. The molecule has 1 fully saturated rings. The molecule has 1 unspecified atom stereocenters. The number of hydrogen-bond donors (Lipinski definition) is 3. The lowest BCUT2D eigenvalue weighted by molar-refractivity contribution is 0.0583. The van der Waals surface area contributed by atoms with Crippen LogP contribution in [0.1, 0.15) is 17.3 Å². The van der Waals surface area contributed by atoms with Crippen molar-refractivity contribution in [2.24, 2.45) is 5.73 Å². The number of carbonyl (C=O) groups excluding carboxylic acids is 1. The maximum absolute atomic E-state index is 12.4. The third-order valence-corrected chi connectivity index (χ3v) is 3.80. The molecule has 0 aliphatic carbocycles. The third kappa shape index (κ3) is 2.86. The lowest BCUT2D eigenvalue weighted by Gasteiger charge is -2.37. The Morgan fingerprint density at radius 1 is 1.25 bits per heavy atom. The van der Waals surface area contributed by atoms with E-state index in [1.165, 1.54) is 18.2 Å². The van der Waals surface area contributed by atoms with E-state index < -0.39 is 0 Å². The fourth-order valence-electron chi connectivity index (χ4n) is 2.42. The molecule has 6 heteroatoms. The highest BCUT2D eigenvalue weighted by Gasteiger charge is 2.27. The number of phenols is 2. The van der Waals surface area contributed by atoms with E-state index in [-0.39, 0.29) is 23.0 Å². The lowest BCUT2D eigenvalue weighted by Crippen LogP contribution is -2.52. The van der Waals surface area contributed by atoms with Gasteiger partial charge in [0.05, 0.1) is 0 Å². The summed E-state index contributed by atoms with van der Waals surface area (Å²) in [5, 5.41) is 19.5. The van der Waals surface area contributed by atoms with E-state index in [0.29, 0.717) is 25.7 Å². The van der Waals surface area contributed by atoms with Gasteiger partial charge < -0.3 is 20.8 Å². The largest absolute Gasteiger partial charge is 0.507 e. The van der Waals surface area contributed by atoms with Crippen LogP contribution in [0.3, 0.4) is 0 Å². The average Bonchev–Trinajstić information content (AvgIpc) is 2.46. The van der Waals surface area contributed by atoms with Gasteiger partial charge in [-0.05, 0) is 19.1 Å². The van der Waals surface area contributed by atoms with Crippen LogP contribution in [0.2, 0.25) is 0 Å². The van der Waals surface area contributed by atoms with E-state index in [2.05, 4.69) is 11.8 Å². The molecule has 1 atom stereocenters. The van der Waals surface area contributed by atoms with Gasteiger partial charge in [0.15, 0.2) is 0 Å². The number of nitrogens with two attached hydrogens (primary N) is 1. The van der Waals surface area contributed by atoms with Crippen molar-refractivity contribution in [3.05, 3.63) is 23.8 Å². The molecule has 110 valence electrons. The van der Waals surface area contributed by atoms with Crippen LogP contribution >= 0.6 is 0 Å². The summed E-state index contributed by atoms with van der Waals surface area (Å²) >= 11 is 0. The summed E-state index contributed by atoms with van der Waals surface area (Å²) in [6.45, 7) is 5.28. The second-order valence-corrected chi connectivity index (χ2v) is 5.08. The standard InChI is InChI=1S/C14H21N3O3/c1-10(9-15)16-5-7-17(8-6-16)14(20)13-11(18)3-2-4-12(13)19/h2-4,10,18-19H,5-9,15H2,1H3. The maximum atomic E-state index is 12.4. The van der Waals surface area contributed by atoms with E-state index >= 15 is 0 Å². The molecule has 1 heterocycles. The smallest absolute Gasteiger partial charge is 0.261 e. The Bertz CT molecular complexity index is 464. The summed E-state index contributed by atoms with van der Waals surface area (Å²) in [7, 11) is 0. The summed E-state index contributed by atoms with van der Waals surface area (Å²) in [4.78, 5) is 16.2. The fourth-order valence-corrected chi connectivity index (χ4v) is 2.42. The highest BCUT2D eigenvalue weighted by molar-refractivity contribution is 5.99. The van der Waals surface area contributed by atoms with Crippen LogP contribution in [0.25, 0.3) is 0 Å². The van der Waals surface area contributed by atoms with Gasteiger partial charge in [-0.1, -0.05) is 6.07 Å². The van der Waals surface area contributed by atoms with Gasteiger partial charge in [0.1, 0.15) is 17.1 Å². The van der Waals surface area contributed by atoms with Crippen molar-refractivity contribution in [3.63, 3.8) is 0 Å². The molecule has 1 saturated heterocycles. The van der Waals surface area contributed by atoms with E-state index in [0.717, 1.165) is 13.1 Å². The molecule has 1 aliphatic rings. The quantitative estimate of drug-likeness (QED) is 0.735. The number of aromatic hydroxyl groups is 2. The van der Waals surface area contributed by atoms with Crippen molar-refractivity contribution >= 4 is 5.91 Å². The van der Waals surface area contributed by atoms with Gasteiger partial charge in [-0.15, -0.1) is 0 Å². The second-order valence-electron chi connectivity index (χ2n) is 5.08. The number of phenolic OH excluding ortho intramolecular Hbond substituents is 2. The normalized spacial score (nSPS) is 18.0. The van der Waals surface area contributed by atoms with Crippen LogP contribution in [0.4, 0.5) is 0 Å². The molecule has 0 saturated carbocycles. The summed E-state index contributed by atoms with van der Waals surface area (Å²) in [5.41, 5.74) is 5.62. The van der Waals surface area contributed by atoms with Gasteiger partial charge in [0, 0.05) is 38.8 Å². The predicted octanol–water partition coefficient (Wildman–Crippen LogP) is 0.203. The topological polar surface area (TPSA) is 90.0 Å². The van der Waals surface area contributed by atoms with Gasteiger partial charge >= 0.3 is 0 Å². The van der Waals surface area contributed by atoms with Gasteiger partial charge in [-0.25, -0.2) is 0 Å². The molecule has 0 spiro atoms. The molecule has 1 aliphatic heterocycles. The van der Waals surface area contributed by atoms with Crippen molar-refractivity contribution in [1.29, 1.82) is 0 Å². The Morgan fingerprint density at radius 2 is 1.80 bits per heavy atom. The van der Waals surface area contributed by atoms with Crippen LogP contribution in [0.5, 0.6) is 11.5 Å². The lowest BCUT2D eigenvalue weighted by atomic mass is 10.1. The van der Waals surface area contributed by atoms with Crippen LogP contribution in [-0.2, 0) is 0 Å². The zero-order valence-electron chi connectivity index (χ0n) is 11.6. The Kier molecular flexibility index (Phi) is 4.46.